The lowest BCUT2D eigenvalue weighted by Crippen LogP contribution is -2.37. The van der Waals surface area contributed by atoms with Crippen LogP contribution in [0.5, 0.6) is 17.2 Å². The predicted octanol–water partition coefficient (Wildman–Crippen LogP) is 6.34. The first kappa shape index (κ1) is 25.9. The highest BCUT2D eigenvalue weighted by atomic mass is 32.2. The van der Waals surface area contributed by atoms with Crippen LogP contribution in [-0.2, 0) is 26.6 Å². The Morgan fingerprint density at radius 2 is 1.65 bits per heavy atom. The molecule has 0 saturated carbocycles. The van der Waals surface area contributed by atoms with Crippen LogP contribution < -0.4 is 14.2 Å². The van der Waals surface area contributed by atoms with Gasteiger partial charge in [0.15, 0.2) is 11.5 Å². The van der Waals surface area contributed by atoms with Gasteiger partial charge < -0.3 is 18.9 Å². The second-order valence-corrected chi connectivity index (χ2v) is 12.2. The van der Waals surface area contributed by atoms with Crippen LogP contribution in [0, 0.1) is 11.8 Å². The molecule has 37 heavy (non-hydrogen) atoms. The number of hydrogen-bond donors (Lipinski definition) is 0. The van der Waals surface area contributed by atoms with Gasteiger partial charge >= 0.3 is 5.97 Å². The van der Waals surface area contributed by atoms with Crippen LogP contribution in [0.15, 0.2) is 72.8 Å². The number of hydrogen-bond acceptors (Lipinski definition) is 7. The first-order valence-corrected chi connectivity index (χ1v) is 14.5. The van der Waals surface area contributed by atoms with Gasteiger partial charge in [0, 0.05) is 5.92 Å². The van der Waals surface area contributed by atoms with Gasteiger partial charge in [0.25, 0.3) is 0 Å². The molecule has 0 aromatic heterocycles. The van der Waals surface area contributed by atoms with Crippen molar-refractivity contribution >= 4 is 29.5 Å². The highest BCUT2D eigenvalue weighted by Crippen LogP contribution is 2.59. The molecule has 7 heteroatoms. The fourth-order valence-electron chi connectivity index (χ4n) is 5.11. The van der Waals surface area contributed by atoms with Gasteiger partial charge in [0.1, 0.15) is 12.4 Å². The van der Waals surface area contributed by atoms with Gasteiger partial charge in [-0.3, -0.25) is 4.79 Å². The first-order chi connectivity index (χ1) is 18.1. The van der Waals surface area contributed by atoms with Crippen LogP contribution in [0.3, 0.4) is 0 Å². The lowest BCUT2D eigenvalue weighted by Gasteiger charge is -2.42. The Hall–Kier alpha value is -2.77. The van der Waals surface area contributed by atoms with Gasteiger partial charge in [0.05, 0.1) is 30.8 Å². The van der Waals surface area contributed by atoms with Crippen molar-refractivity contribution in [3.05, 3.63) is 89.5 Å². The largest absolute Gasteiger partial charge is 0.493 e. The van der Waals surface area contributed by atoms with Crippen molar-refractivity contribution in [2.24, 2.45) is 11.8 Å². The summed E-state index contributed by atoms with van der Waals surface area (Å²) in [6, 6.07) is 24.4. The molecule has 0 aliphatic carbocycles. The maximum absolute atomic E-state index is 13.1. The molecule has 0 bridgehead atoms. The highest BCUT2D eigenvalue weighted by Gasteiger charge is 2.53. The van der Waals surface area contributed by atoms with Crippen molar-refractivity contribution in [2.75, 3.05) is 32.3 Å². The van der Waals surface area contributed by atoms with E-state index in [0.29, 0.717) is 31.1 Å². The third-order valence-corrected chi connectivity index (χ3v) is 10.6. The molecular formula is C30H32O5S2. The van der Waals surface area contributed by atoms with E-state index < -0.39 is 0 Å². The summed E-state index contributed by atoms with van der Waals surface area (Å²) >= 11 is 3.86. The van der Waals surface area contributed by atoms with E-state index in [1.165, 1.54) is 0 Å². The Morgan fingerprint density at radius 3 is 2.41 bits per heavy atom. The summed E-state index contributed by atoms with van der Waals surface area (Å²) in [4.78, 5) is 13.1. The first-order valence-electron chi connectivity index (χ1n) is 12.6. The molecule has 2 fully saturated rings. The molecule has 2 aliphatic heterocycles. The zero-order valence-electron chi connectivity index (χ0n) is 21.2. The minimum atomic E-state index is -0.296. The second kappa shape index (κ2) is 11.7. The van der Waals surface area contributed by atoms with E-state index in [4.69, 9.17) is 18.9 Å². The molecule has 0 amide bonds. The van der Waals surface area contributed by atoms with Crippen LogP contribution in [0.1, 0.15) is 23.1 Å². The third-order valence-electron chi connectivity index (χ3n) is 6.99. The molecule has 2 saturated heterocycles. The summed E-state index contributed by atoms with van der Waals surface area (Å²) in [5, 5.41) is 0. The SMILES string of the molecule is COc1ccc(C2(C3COC(=O)C3Cc3cccc(OCc4ccccc4)c3)SCCCS2)cc1OC. The number of rotatable bonds is 9. The van der Waals surface area contributed by atoms with E-state index in [-0.39, 0.29) is 21.9 Å². The summed E-state index contributed by atoms with van der Waals surface area (Å²) in [6.07, 6.45) is 1.76. The standard InChI is InChI=1S/C30H32O5S2/c1-32-27-13-12-23(18-28(27)33-2)30(36-14-7-15-37-30)26-20-35-29(31)25(26)17-22-10-6-11-24(16-22)34-19-21-8-4-3-5-9-21/h3-6,8-13,16,18,25-26H,7,14-15,17,19-20H2,1-2H3. The fraction of sp³-hybridized carbons (Fsp3) is 0.367. The molecule has 3 aromatic rings. The van der Waals surface area contributed by atoms with Crippen molar-refractivity contribution < 1.29 is 23.7 Å². The Labute approximate surface area is 227 Å². The number of benzene rings is 3. The molecule has 2 aliphatic rings. The van der Waals surface area contributed by atoms with Crippen LogP contribution >= 0.6 is 23.5 Å². The van der Waals surface area contributed by atoms with E-state index in [0.717, 1.165) is 40.4 Å². The van der Waals surface area contributed by atoms with E-state index in [1.54, 1.807) is 14.2 Å². The van der Waals surface area contributed by atoms with E-state index in [9.17, 15) is 4.79 Å². The van der Waals surface area contributed by atoms with Gasteiger partial charge in [-0.15, -0.1) is 23.5 Å². The predicted molar refractivity (Wildman–Crippen MR) is 150 cm³/mol. The average Bonchev–Trinajstić information content (AvgIpc) is 3.32. The lowest BCUT2D eigenvalue weighted by molar-refractivity contribution is -0.141. The van der Waals surface area contributed by atoms with Gasteiger partial charge in [-0.2, -0.15) is 0 Å². The van der Waals surface area contributed by atoms with Crippen LogP contribution in [0.4, 0.5) is 0 Å². The molecule has 5 nitrogen and oxygen atoms in total. The van der Waals surface area contributed by atoms with Crippen LogP contribution in [0.25, 0.3) is 0 Å². The fourth-order valence-corrected chi connectivity index (χ4v) is 8.79. The molecule has 0 spiro atoms. The minimum Gasteiger partial charge on any atom is -0.493 e. The van der Waals surface area contributed by atoms with Crippen molar-refractivity contribution in [1.29, 1.82) is 0 Å². The Kier molecular flexibility index (Phi) is 8.20. The van der Waals surface area contributed by atoms with Gasteiger partial charge in [0.2, 0.25) is 0 Å². The number of thioether (sulfide) groups is 2. The molecular weight excluding hydrogens is 504 g/mol. The van der Waals surface area contributed by atoms with Gasteiger partial charge in [-0.25, -0.2) is 0 Å². The number of cyclic esters (lactones) is 1. The monoisotopic (exact) mass is 536 g/mol. The Balaban J connectivity index is 1.40. The quantitative estimate of drug-likeness (QED) is 0.296. The van der Waals surface area contributed by atoms with Crippen molar-refractivity contribution in [3.8, 4) is 17.2 Å². The number of carbonyl (C=O) groups excluding carboxylic acids is 1. The lowest BCUT2D eigenvalue weighted by atomic mass is 9.84. The normalized spacial score (nSPS) is 20.8. The average molecular weight is 537 g/mol. The number of esters is 1. The Morgan fingerprint density at radius 1 is 0.892 bits per heavy atom. The molecule has 194 valence electrons. The molecule has 2 heterocycles. The van der Waals surface area contributed by atoms with Crippen LogP contribution in [-0.4, -0.2) is 38.3 Å². The summed E-state index contributed by atoms with van der Waals surface area (Å²) in [5.74, 6) is 3.97. The van der Waals surface area contributed by atoms with E-state index in [2.05, 4.69) is 36.4 Å². The molecule has 0 radical (unpaired) electrons. The van der Waals surface area contributed by atoms with Crippen molar-refractivity contribution in [2.45, 2.75) is 23.5 Å². The van der Waals surface area contributed by atoms with Crippen molar-refractivity contribution in [3.63, 3.8) is 0 Å². The van der Waals surface area contributed by atoms with Crippen molar-refractivity contribution in [1.82, 2.24) is 0 Å². The number of carbonyl (C=O) groups is 1. The third kappa shape index (κ3) is 5.58. The zero-order chi connectivity index (χ0) is 25.7. The summed E-state index contributed by atoms with van der Waals surface area (Å²) in [5.41, 5.74) is 3.34. The van der Waals surface area contributed by atoms with E-state index >= 15 is 0 Å². The maximum atomic E-state index is 13.1. The maximum Gasteiger partial charge on any atom is 0.309 e. The molecule has 2 unspecified atom stereocenters. The van der Waals surface area contributed by atoms with Crippen LogP contribution in [0.2, 0.25) is 0 Å². The zero-order valence-corrected chi connectivity index (χ0v) is 22.8. The summed E-state index contributed by atoms with van der Waals surface area (Å²) in [7, 11) is 3.31. The smallest absolute Gasteiger partial charge is 0.309 e. The highest BCUT2D eigenvalue weighted by molar-refractivity contribution is 8.18. The molecule has 2 atom stereocenters. The Bertz CT molecular complexity index is 1210. The number of methoxy groups -OCH3 is 2. The molecule has 5 rings (SSSR count). The molecule has 0 N–H and O–H groups in total. The van der Waals surface area contributed by atoms with Gasteiger partial charge in [-0.05, 0) is 65.3 Å². The van der Waals surface area contributed by atoms with Gasteiger partial charge in [-0.1, -0.05) is 48.5 Å². The van der Waals surface area contributed by atoms with E-state index in [1.807, 2.05) is 59.9 Å². The number of ether oxygens (including phenoxy) is 4. The second-order valence-electron chi connectivity index (χ2n) is 9.26. The topological polar surface area (TPSA) is 54.0 Å². The minimum absolute atomic E-state index is 0.0299. The summed E-state index contributed by atoms with van der Waals surface area (Å²) < 4.78 is 22.6. The summed E-state index contributed by atoms with van der Waals surface area (Å²) in [6.45, 7) is 0.927. The molecule has 3 aromatic carbocycles.